The van der Waals surface area contributed by atoms with Gasteiger partial charge >= 0.3 is 0 Å². The van der Waals surface area contributed by atoms with E-state index < -0.39 is 16.9 Å². The number of fused-ring (bicyclic) bond motifs is 1. The number of primary amides is 1. The molecule has 8 heteroatoms. The quantitative estimate of drug-likeness (QED) is 0.568. The molecule has 0 aliphatic heterocycles. The largest absolute Gasteiger partial charge is 0.368 e. The zero-order chi connectivity index (χ0) is 13.3. The van der Waals surface area contributed by atoms with Gasteiger partial charge in [0.1, 0.15) is 0 Å². The van der Waals surface area contributed by atoms with Crippen LogP contribution in [0.25, 0.3) is 10.9 Å². The SMILES string of the molecule is Cl.NC(=O)[C@@H](N)Cc1c[nH]c2ccc([N+](=O)[O-])cc12. The molecular weight excluding hydrogens is 272 g/mol. The van der Waals surface area contributed by atoms with E-state index >= 15 is 0 Å². The number of aromatic nitrogens is 1. The van der Waals surface area contributed by atoms with E-state index in [1.807, 2.05) is 0 Å². The van der Waals surface area contributed by atoms with Gasteiger partial charge in [-0.1, -0.05) is 0 Å². The van der Waals surface area contributed by atoms with Crippen molar-refractivity contribution in [2.75, 3.05) is 0 Å². The number of benzene rings is 1. The Labute approximate surface area is 114 Å². The number of nitrogens with two attached hydrogens (primary N) is 2. The maximum absolute atomic E-state index is 10.9. The molecule has 2 rings (SSSR count). The van der Waals surface area contributed by atoms with Crippen molar-refractivity contribution in [3.63, 3.8) is 0 Å². The summed E-state index contributed by atoms with van der Waals surface area (Å²) < 4.78 is 0. The lowest BCUT2D eigenvalue weighted by molar-refractivity contribution is -0.384. The zero-order valence-corrected chi connectivity index (χ0v) is 10.6. The number of amides is 1. The third kappa shape index (κ3) is 3.01. The fraction of sp³-hybridized carbons (Fsp3) is 0.182. The van der Waals surface area contributed by atoms with Crippen LogP contribution in [0.2, 0.25) is 0 Å². The van der Waals surface area contributed by atoms with E-state index in [1.165, 1.54) is 12.1 Å². The second kappa shape index (κ2) is 5.68. The van der Waals surface area contributed by atoms with Crippen LogP contribution in [-0.4, -0.2) is 21.9 Å². The van der Waals surface area contributed by atoms with Gasteiger partial charge in [0.05, 0.1) is 11.0 Å². The molecule has 0 aliphatic carbocycles. The number of carbonyl (C=O) groups is 1. The molecule has 0 fully saturated rings. The van der Waals surface area contributed by atoms with Gasteiger partial charge in [-0.15, -0.1) is 12.4 Å². The minimum atomic E-state index is -0.803. The molecular formula is C11H13ClN4O3. The Morgan fingerprint density at radius 3 is 2.74 bits per heavy atom. The lowest BCUT2D eigenvalue weighted by atomic mass is 10.0. The van der Waals surface area contributed by atoms with Gasteiger partial charge in [-0.3, -0.25) is 14.9 Å². The van der Waals surface area contributed by atoms with Gasteiger partial charge in [-0.2, -0.15) is 0 Å². The summed E-state index contributed by atoms with van der Waals surface area (Å²) in [5, 5.41) is 11.4. The molecule has 0 radical (unpaired) electrons. The van der Waals surface area contributed by atoms with E-state index in [-0.39, 0.29) is 24.5 Å². The highest BCUT2D eigenvalue weighted by atomic mass is 35.5. The van der Waals surface area contributed by atoms with Crippen LogP contribution in [0.1, 0.15) is 5.56 Å². The second-order valence-electron chi connectivity index (χ2n) is 4.01. The third-order valence-corrected chi connectivity index (χ3v) is 2.77. The first-order valence-electron chi connectivity index (χ1n) is 5.28. The highest BCUT2D eigenvalue weighted by molar-refractivity contribution is 5.87. The van der Waals surface area contributed by atoms with Gasteiger partial charge in [0, 0.05) is 29.2 Å². The van der Waals surface area contributed by atoms with Crippen molar-refractivity contribution in [3.8, 4) is 0 Å². The maximum Gasteiger partial charge on any atom is 0.270 e. The van der Waals surface area contributed by atoms with Crippen LogP contribution in [0.4, 0.5) is 5.69 Å². The molecule has 0 spiro atoms. The molecule has 2 aromatic rings. The van der Waals surface area contributed by atoms with Crippen LogP contribution in [-0.2, 0) is 11.2 Å². The molecule has 0 saturated carbocycles. The summed E-state index contributed by atoms with van der Waals surface area (Å²) >= 11 is 0. The Bertz CT molecular complexity index is 625. The number of H-pyrrole nitrogens is 1. The normalized spacial score (nSPS) is 11.8. The summed E-state index contributed by atoms with van der Waals surface area (Å²) in [6.07, 6.45) is 1.92. The van der Waals surface area contributed by atoms with Gasteiger partial charge in [0.25, 0.3) is 5.69 Å². The lowest BCUT2D eigenvalue weighted by Crippen LogP contribution is -2.38. The van der Waals surface area contributed by atoms with Crippen LogP contribution in [0.15, 0.2) is 24.4 Å². The monoisotopic (exact) mass is 284 g/mol. The minimum absolute atomic E-state index is 0. The molecule has 1 heterocycles. The average Bonchev–Trinajstić information content (AvgIpc) is 2.71. The number of carbonyl (C=O) groups excluding carboxylic acids is 1. The van der Waals surface area contributed by atoms with Gasteiger partial charge in [0.2, 0.25) is 5.91 Å². The Morgan fingerprint density at radius 1 is 1.47 bits per heavy atom. The van der Waals surface area contributed by atoms with Crippen molar-refractivity contribution in [1.82, 2.24) is 4.98 Å². The molecule has 0 aliphatic rings. The van der Waals surface area contributed by atoms with Crippen molar-refractivity contribution >= 4 is 34.9 Å². The maximum atomic E-state index is 10.9. The highest BCUT2D eigenvalue weighted by Crippen LogP contribution is 2.24. The Balaban J connectivity index is 0.00000180. The van der Waals surface area contributed by atoms with Crippen LogP contribution < -0.4 is 11.5 Å². The smallest absolute Gasteiger partial charge is 0.270 e. The number of nitrogens with zero attached hydrogens (tertiary/aromatic N) is 1. The molecule has 5 N–H and O–H groups in total. The third-order valence-electron chi connectivity index (χ3n) is 2.77. The molecule has 0 bridgehead atoms. The topological polar surface area (TPSA) is 128 Å². The Hall–Kier alpha value is -2.12. The summed E-state index contributed by atoms with van der Waals surface area (Å²) in [6.45, 7) is 0. The molecule has 0 saturated heterocycles. The number of hydrogen-bond acceptors (Lipinski definition) is 4. The van der Waals surface area contributed by atoms with E-state index in [0.29, 0.717) is 5.39 Å². The summed E-state index contributed by atoms with van der Waals surface area (Å²) in [6, 6.07) is 3.68. The standard InChI is InChI=1S/C11H12N4O3.ClH/c12-9(11(13)16)3-6-5-14-10-2-1-7(15(17)18)4-8(6)10;/h1-2,4-5,9,14H,3,12H2,(H2,13,16);1H/t9-;/m0./s1. The van der Waals surface area contributed by atoms with Gasteiger partial charge < -0.3 is 16.5 Å². The van der Waals surface area contributed by atoms with Gasteiger partial charge in [-0.25, -0.2) is 0 Å². The molecule has 0 unspecified atom stereocenters. The number of non-ortho nitro benzene ring substituents is 1. The number of nitrogens with one attached hydrogen (secondary N) is 1. The lowest BCUT2D eigenvalue weighted by Gasteiger charge is -2.05. The van der Waals surface area contributed by atoms with Crippen LogP contribution in [0, 0.1) is 10.1 Å². The van der Waals surface area contributed by atoms with Crippen LogP contribution in [0.5, 0.6) is 0 Å². The average molecular weight is 285 g/mol. The van der Waals surface area contributed by atoms with Crippen LogP contribution in [0.3, 0.4) is 0 Å². The molecule has 1 aromatic carbocycles. The van der Waals surface area contributed by atoms with Gasteiger partial charge in [-0.05, 0) is 18.1 Å². The molecule has 19 heavy (non-hydrogen) atoms. The van der Waals surface area contributed by atoms with Crippen molar-refractivity contribution in [2.45, 2.75) is 12.5 Å². The summed E-state index contributed by atoms with van der Waals surface area (Å²) in [5.41, 5.74) is 12.2. The van der Waals surface area contributed by atoms with Crippen molar-refractivity contribution in [1.29, 1.82) is 0 Å². The van der Waals surface area contributed by atoms with Crippen molar-refractivity contribution in [2.24, 2.45) is 11.5 Å². The van der Waals surface area contributed by atoms with Crippen molar-refractivity contribution in [3.05, 3.63) is 40.1 Å². The van der Waals surface area contributed by atoms with E-state index in [4.69, 9.17) is 11.5 Å². The molecule has 1 amide bonds. The zero-order valence-electron chi connectivity index (χ0n) is 9.83. The van der Waals surface area contributed by atoms with E-state index in [0.717, 1.165) is 11.1 Å². The van der Waals surface area contributed by atoms with Gasteiger partial charge in [0.15, 0.2) is 0 Å². The molecule has 1 atom stereocenters. The first kappa shape index (κ1) is 14.9. The minimum Gasteiger partial charge on any atom is -0.368 e. The number of rotatable bonds is 4. The van der Waals surface area contributed by atoms with E-state index in [2.05, 4.69) is 4.98 Å². The summed E-state index contributed by atoms with van der Waals surface area (Å²) in [7, 11) is 0. The number of nitro groups is 1. The fourth-order valence-electron chi connectivity index (χ4n) is 1.79. The number of halogens is 1. The molecule has 102 valence electrons. The predicted octanol–water partition coefficient (Wildman–Crippen LogP) is 0.853. The van der Waals surface area contributed by atoms with Crippen molar-refractivity contribution < 1.29 is 9.72 Å². The first-order chi connectivity index (χ1) is 8.49. The predicted molar refractivity (Wildman–Crippen MR) is 73.1 cm³/mol. The fourth-order valence-corrected chi connectivity index (χ4v) is 1.79. The Kier molecular flexibility index (Phi) is 4.47. The molecule has 1 aromatic heterocycles. The number of hydrogen-bond donors (Lipinski definition) is 3. The highest BCUT2D eigenvalue weighted by Gasteiger charge is 2.15. The van der Waals surface area contributed by atoms with E-state index in [1.54, 1.807) is 12.3 Å². The first-order valence-corrected chi connectivity index (χ1v) is 5.28. The van der Waals surface area contributed by atoms with E-state index in [9.17, 15) is 14.9 Å². The number of nitro benzene ring substituents is 1. The summed E-state index contributed by atoms with van der Waals surface area (Å²) in [4.78, 5) is 24.1. The Morgan fingerprint density at radius 2 is 2.16 bits per heavy atom. The summed E-state index contributed by atoms with van der Waals surface area (Å²) in [5.74, 6) is -0.602. The van der Waals surface area contributed by atoms with Crippen LogP contribution >= 0.6 is 12.4 Å². The second-order valence-corrected chi connectivity index (χ2v) is 4.01. The molecule has 7 nitrogen and oxygen atoms in total. The number of aromatic amines is 1.